The Balaban J connectivity index is 1.80. The van der Waals surface area contributed by atoms with Gasteiger partial charge in [0.2, 0.25) is 5.91 Å². The molecule has 0 aliphatic heterocycles. The van der Waals surface area contributed by atoms with Gasteiger partial charge in [-0.05, 0) is 12.8 Å². The molecule has 31 heavy (non-hydrogen) atoms. The lowest BCUT2D eigenvalue weighted by Crippen LogP contribution is -2.26. The van der Waals surface area contributed by atoms with Crippen LogP contribution in [0.5, 0.6) is 11.5 Å². The molecule has 1 aliphatic rings. The predicted octanol–water partition coefficient (Wildman–Crippen LogP) is 4.09. The van der Waals surface area contributed by atoms with E-state index in [0.717, 1.165) is 32.1 Å². The van der Waals surface area contributed by atoms with Gasteiger partial charge in [-0.1, -0.05) is 38.3 Å². The van der Waals surface area contributed by atoms with E-state index in [1.807, 2.05) is 13.8 Å². The highest BCUT2D eigenvalue weighted by molar-refractivity contribution is 6.02. The first-order chi connectivity index (χ1) is 14.9. The Morgan fingerprint density at radius 3 is 2.42 bits per heavy atom. The van der Waals surface area contributed by atoms with Gasteiger partial charge in [0.25, 0.3) is 5.89 Å². The average molecular weight is 431 g/mol. The van der Waals surface area contributed by atoms with Crippen LogP contribution >= 0.6 is 0 Å². The second kappa shape index (κ2) is 10.3. The second-order valence-corrected chi connectivity index (χ2v) is 7.85. The molecule has 1 aromatic carbocycles. The SMILES string of the molecule is COc1cc(NC(=O)C2CCCCC2)c(C(=O)OCc2nc(C(C)C)no2)cc1OC. The predicted molar refractivity (Wildman–Crippen MR) is 112 cm³/mol. The number of benzene rings is 1. The Morgan fingerprint density at radius 2 is 1.81 bits per heavy atom. The third-order valence-corrected chi connectivity index (χ3v) is 5.30. The number of rotatable bonds is 8. The molecule has 0 radical (unpaired) electrons. The highest BCUT2D eigenvalue weighted by atomic mass is 16.6. The molecule has 0 bridgehead atoms. The van der Waals surface area contributed by atoms with Gasteiger partial charge in [0.15, 0.2) is 23.9 Å². The van der Waals surface area contributed by atoms with Crippen molar-refractivity contribution in [1.82, 2.24) is 10.1 Å². The minimum Gasteiger partial charge on any atom is -0.493 e. The first kappa shape index (κ1) is 22.6. The Labute approximate surface area is 181 Å². The van der Waals surface area contributed by atoms with E-state index < -0.39 is 5.97 Å². The summed E-state index contributed by atoms with van der Waals surface area (Å²) in [7, 11) is 2.96. The van der Waals surface area contributed by atoms with Gasteiger partial charge >= 0.3 is 5.97 Å². The lowest BCUT2D eigenvalue weighted by atomic mass is 9.88. The molecule has 1 heterocycles. The van der Waals surface area contributed by atoms with Crippen LogP contribution in [-0.2, 0) is 16.1 Å². The van der Waals surface area contributed by atoms with E-state index in [2.05, 4.69) is 15.5 Å². The molecule has 2 aromatic rings. The number of methoxy groups -OCH3 is 2. The molecule has 3 rings (SSSR count). The summed E-state index contributed by atoms with van der Waals surface area (Å²) in [5.41, 5.74) is 0.469. The second-order valence-electron chi connectivity index (χ2n) is 7.85. The van der Waals surface area contributed by atoms with Gasteiger partial charge in [-0.3, -0.25) is 4.79 Å². The van der Waals surface area contributed by atoms with E-state index in [9.17, 15) is 9.59 Å². The van der Waals surface area contributed by atoms with Crippen molar-refractivity contribution in [3.63, 3.8) is 0 Å². The van der Waals surface area contributed by atoms with Crippen molar-refractivity contribution in [3.8, 4) is 11.5 Å². The van der Waals surface area contributed by atoms with Gasteiger partial charge in [-0.15, -0.1) is 0 Å². The van der Waals surface area contributed by atoms with Crippen LogP contribution in [-0.4, -0.2) is 36.2 Å². The number of nitrogens with zero attached hydrogens (tertiary/aromatic N) is 2. The summed E-state index contributed by atoms with van der Waals surface area (Å²) in [6.45, 7) is 3.69. The quantitative estimate of drug-likeness (QED) is 0.622. The largest absolute Gasteiger partial charge is 0.493 e. The van der Waals surface area contributed by atoms with Crippen LogP contribution in [0.25, 0.3) is 0 Å². The first-order valence-corrected chi connectivity index (χ1v) is 10.5. The molecule has 0 atom stereocenters. The highest BCUT2D eigenvalue weighted by Gasteiger charge is 2.25. The van der Waals surface area contributed by atoms with Crippen molar-refractivity contribution in [2.45, 2.75) is 58.5 Å². The van der Waals surface area contributed by atoms with Crippen LogP contribution in [0.2, 0.25) is 0 Å². The Morgan fingerprint density at radius 1 is 1.13 bits per heavy atom. The van der Waals surface area contributed by atoms with Gasteiger partial charge in [0.05, 0.1) is 25.5 Å². The molecule has 9 nitrogen and oxygen atoms in total. The summed E-state index contributed by atoms with van der Waals surface area (Å²) in [5.74, 6) is 0.757. The Hall–Kier alpha value is -3.10. The fraction of sp³-hybridized carbons (Fsp3) is 0.545. The number of amides is 1. The zero-order valence-electron chi connectivity index (χ0n) is 18.4. The van der Waals surface area contributed by atoms with Crippen molar-refractivity contribution < 1.29 is 28.3 Å². The Kier molecular flexibility index (Phi) is 7.49. The molecule has 1 amide bonds. The van der Waals surface area contributed by atoms with Crippen LogP contribution in [0.4, 0.5) is 5.69 Å². The summed E-state index contributed by atoms with van der Waals surface area (Å²) < 4.78 is 21.1. The lowest BCUT2D eigenvalue weighted by molar-refractivity contribution is -0.120. The standard InChI is InChI=1S/C22H29N3O6/c1-13(2)20-24-19(31-25-20)12-30-22(27)15-10-17(28-3)18(29-4)11-16(15)23-21(26)14-8-6-5-7-9-14/h10-11,13-14H,5-9,12H2,1-4H3,(H,23,26). The number of carbonyl (C=O) groups is 2. The molecule has 1 fully saturated rings. The Bertz CT molecular complexity index is 918. The van der Waals surface area contributed by atoms with Gasteiger partial charge in [-0.25, -0.2) is 4.79 Å². The fourth-order valence-electron chi connectivity index (χ4n) is 3.52. The molecular weight excluding hydrogens is 402 g/mol. The number of esters is 1. The van der Waals surface area contributed by atoms with Crippen LogP contribution in [0.15, 0.2) is 16.7 Å². The molecule has 1 aromatic heterocycles. The molecule has 1 saturated carbocycles. The van der Waals surface area contributed by atoms with Crippen LogP contribution in [0.1, 0.15) is 73.9 Å². The van der Waals surface area contributed by atoms with E-state index in [-0.39, 0.29) is 35.8 Å². The zero-order valence-corrected chi connectivity index (χ0v) is 18.4. The molecule has 0 saturated heterocycles. The fourth-order valence-corrected chi connectivity index (χ4v) is 3.52. The number of nitrogens with one attached hydrogen (secondary N) is 1. The molecule has 0 unspecified atom stereocenters. The maximum Gasteiger partial charge on any atom is 0.340 e. The zero-order chi connectivity index (χ0) is 22.4. The minimum absolute atomic E-state index is 0.0708. The minimum atomic E-state index is -0.649. The van der Waals surface area contributed by atoms with Gasteiger partial charge in [-0.2, -0.15) is 4.98 Å². The lowest BCUT2D eigenvalue weighted by Gasteiger charge is -2.22. The molecule has 1 N–H and O–H groups in total. The van der Waals surface area contributed by atoms with E-state index in [0.29, 0.717) is 23.0 Å². The summed E-state index contributed by atoms with van der Waals surface area (Å²) >= 11 is 0. The number of ether oxygens (including phenoxy) is 3. The maximum atomic E-state index is 12.8. The first-order valence-electron chi connectivity index (χ1n) is 10.5. The highest BCUT2D eigenvalue weighted by Crippen LogP contribution is 2.35. The third-order valence-electron chi connectivity index (χ3n) is 5.30. The van der Waals surface area contributed by atoms with Crippen molar-refractivity contribution in [1.29, 1.82) is 0 Å². The number of hydrogen-bond donors (Lipinski definition) is 1. The molecule has 168 valence electrons. The van der Waals surface area contributed by atoms with Crippen LogP contribution in [0.3, 0.4) is 0 Å². The summed E-state index contributed by atoms with van der Waals surface area (Å²) in [6.07, 6.45) is 4.89. The third kappa shape index (κ3) is 5.53. The molecule has 1 aliphatic carbocycles. The normalized spacial score (nSPS) is 14.4. The number of anilines is 1. The monoisotopic (exact) mass is 431 g/mol. The van der Waals surface area contributed by atoms with Crippen molar-refractivity contribution >= 4 is 17.6 Å². The van der Waals surface area contributed by atoms with E-state index in [1.165, 1.54) is 20.3 Å². The summed E-state index contributed by atoms with van der Waals surface area (Å²) in [6, 6.07) is 3.06. The van der Waals surface area contributed by atoms with E-state index in [4.69, 9.17) is 18.7 Å². The van der Waals surface area contributed by atoms with Crippen LogP contribution in [0, 0.1) is 5.92 Å². The topological polar surface area (TPSA) is 113 Å². The van der Waals surface area contributed by atoms with Gasteiger partial charge < -0.3 is 24.1 Å². The molecular formula is C22H29N3O6. The van der Waals surface area contributed by atoms with Crippen molar-refractivity contribution in [2.75, 3.05) is 19.5 Å². The van der Waals surface area contributed by atoms with Crippen molar-refractivity contribution in [3.05, 3.63) is 29.4 Å². The number of aromatic nitrogens is 2. The smallest absolute Gasteiger partial charge is 0.340 e. The average Bonchev–Trinajstić information content (AvgIpc) is 3.27. The van der Waals surface area contributed by atoms with E-state index >= 15 is 0 Å². The van der Waals surface area contributed by atoms with Crippen molar-refractivity contribution in [2.24, 2.45) is 5.92 Å². The summed E-state index contributed by atoms with van der Waals surface area (Å²) in [4.78, 5) is 29.8. The molecule has 9 heteroatoms. The van der Waals surface area contributed by atoms with E-state index in [1.54, 1.807) is 6.07 Å². The maximum absolute atomic E-state index is 12.8. The van der Waals surface area contributed by atoms with Gasteiger partial charge in [0, 0.05) is 24.0 Å². The van der Waals surface area contributed by atoms with Gasteiger partial charge in [0.1, 0.15) is 0 Å². The van der Waals surface area contributed by atoms with Crippen LogP contribution < -0.4 is 14.8 Å². The summed E-state index contributed by atoms with van der Waals surface area (Å²) in [5, 5.41) is 6.73. The number of carbonyl (C=O) groups excluding carboxylic acids is 2. The number of hydrogen-bond acceptors (Lipinski definition) is 8. The molecule has 0 spiro atoms.